The van der Waals surface area contributed by atoms with Crippen LogP contribution in [0, 0.1) is 5.92 Å². The molecule has 0 aromatic heterocycles. The Morgan fingerprint density at radius 2 is 1.78 bits per heavy atom. The lowest BCUT2D eigenvalue weighted by molar-refractivity contribution is -0.0795. The Bertz CT molecular complexity index is 1130. The lowest BCUT2D eigenvalue weighted by Gasteiger charge is -2.30. The molecule has 8 nitrogen and oxygen atoms in total. The van der Waals surface area contributed by atoms with E-state index in [1.807, 2.05) is 0 Å². The molecular weight excluding hydrogens is 531 g/mol. The molecule has 5 atom stereocenters. The number of sulfonamides is 1. The van der Waals surface area contributed by atoms with Gasteiger partial charge in [0.15, 0.2) is 9.84 Å². The summed E-state index contributed by atoms with van der Waals surface area (Å²) in [6.45, 7) is 14.1. The zero-order chi connectivity index (χ0) is 27.6. The highest BCUT2D eigenvalue weighted by molar-refractivity contribution is 7.91. The quantitative estimate of drug-likeness (QED) is 0.276. The third kappa shape index (κ3) is 7.52. The van der Waals surface area contributed by atoms with Crippen LogP contribution in [0.3, 0.4) is 0 Å². The van der Waals surface area contributed by atoms with Crippen molar-refractivity contribution in [2.24, 2.45) is 5.92 Å². The highest BCUT2D eigenvalue weighted by Crippen LogP contribution is 2.39. The molecule has 3 rings (SSSR count). The molecule has 2 aliphatic heterocycles. The first-order valence-electron chi connectivity index (χ1n) is 12.8. The number of ether oxygens (including phenoxy) is 3. The molecule has 0 bridgehead atoms. The Balaban J connectivity index is 1.76. The summed E-state index contributed by atoms with van der Waals surface area (Å²) in [5, 5.41) is 0. The van der Waals surface area contributed by atoms with Crippen molar-refractivity contribution in [2.45, 2.75) is 87.4 Å². The molecule has 37 heavy (non-hydrogen) atoms. The molecule has 210 valence electrons. The average molecular weight is 574 g/mol. The van der Waals surface area contributed by atoms with Crippen molar-refractivity contribution >= 4 is 27.9 Å². The van der Waals surface area contributed by atoms with E-state index in [-0.39, 0.29) is 29.0 Å². The number of hydrogen-bond donors (Lipinski definition) is 0. The number of hydrogen-bond acceptors (Lipinski definition) is 7. The molecule has 0 spiro atoms. The van der Waals surface area contributed by atoms with Gasteiger partial charge in [0.1, 0.15) is 5.72 Å². The summed E-state index contributed by atoms with van der Waals surface area (Å²) in [6.07, 6.45) is 0.926. The molecule has 0 saturated carbocycles. The van der Waals surface area contributed by atoms with E-state index in [9.17, 15) is 16.8 Å². The van der Waals surface area contributed by atoms with Gasteiger partial charge in [-0.3, -0.25) is 0 Å². The van der Waals surface area contributed by atoms with Crippen LogP contribution >= 0.6 is 0 Å². The number of sulfone groups is 1. The summed E-state index contributed by atoms with van der Waals surface area (Å²) in [4.78, 5) is 0.269. The van der Waals surface area contributed by atoms with Crippen LogP contribution in [0.25, 0.3) is 0 Å². The summed E-state index contributed by atoms with van der Waals surface area (Å²) in [7, 11) is -7.03. The number of rotatable bonds is 12. The minimum absolute atomic E-state index is 0.112. The maximum atomic E-state index is 13.2. The van der Waals surface area contributed by atoms with Gasteiger partial charge in [-0.1, -0.05) is 43.9 Å². The minimum Gasteiger partial charge on any atom is -0.378 e. The topological polar surface area (TPSA) is 99.2 Å². The molecule has 0 unspecified atom stereocenters. The molecular formula is C26H43NO7S2Si. The van der Waals surface area contributed by atoms with Gasteiger partial charge in [0.2, 0.25) is 10.0 Å². The minimum atomic E-state index is -3.56. The highest BCUT2D eigenvalue weighted by Gasteiger charge is 2.51. The standard InChI is InChI=1S/C26H43NO7S2Si/c1-8-12-23-22(19-35(28,29)21-13-10-9-11-14-21)25(32-4)24(33-23)17-20-18-27(26(2,3)34-20)36(30,31)15-16-37(5,6)7/h8-11,13-14,20,22-25H,1,12,15-19H2,2-7H3/t20-,22-,23-,24+,25+/m0/s1. The smallest absolute Gasteiger partial charge is 0.216 e. The molecule has 0 amide bonds. The molecule has 2 aliphatic rings. The second-order valence-corrected chi connectivity index (χ2v) is 21.4. The fraction of sp³-hybridized carbons (Fsp3) is 0.692. The third-order valence-corrected chi connectivity index (χ3v) is 13.1. The first-order valence-corrected chi connectivity index (χ1v) is 19.8. The zero-order valence-corrected chi connectivity index (χ0v) is 25.6. The number of benzene rings is 1. The van der Waals surface area contributed by atoms with Crippen LogP contribution in [0.5, 0.6) is 0 Å². The van der Waals surface area contributed by atoms with Gasteiger partial charge in [0, 0.05) is 34.1 Å². The molecule has 2 saturated heterocycles. The van der Waals surface area contributed by atoms with Crippen molar-refractivity contribution in [1.82, 2.24) is 4.31 Å². The maximum Gasteiger partial charge on any atom is 0.216 e. The van der Waals surface area contributed by atoms with E-state index in [0.717, 1.165) is 0 Å². The molecule has 2 fully saturated rings. The summed E-state index contributed by atoms with van der Waals surface area (Å²) < 4.78 is 72.7. The number of nitrogens with zero attached hydrogens (tertiary/aromatic N) is 1. The van der Waals surface area contributed by atoms with Crippen molar-refractivity contribution in [3.8, 4) is 0 Å². The summed E-state index contributed by atoms with van der Waals surface area (Å²) in [5.74, 6) is -0.396. The third-order valence-electron chi connectivity index (χ3n) is 7.17. The molecule has 2 heterocycles. The fourth-order valence-electron chi connectivity index (χ4n) is 5.26. The Labute approximate surface area is 224 Å². The second-order valence-electron chi connectivity index (χ2n) is 11.8. The van der Waals surface area contributed by atoms with Gasteiger partial charge in [-0.25, -0.2) is 16.8 Å². The van der Waals surface area contributed by atoms with Gasteiger partial charge >= 0.3 is 0 Å². The maximum absolute atomic E-state index is 13.2. The largest absolute Gasteiger partial charge is 0.378 e. The summed E-state index contributed by atoms with van der Waals surface area (Å²) in [6, 6.07) is 9.07. The van der Waals surface area contributed by atoms with Crippen LogP contribution in [-0.4, -0.2) is 84.5 Å². The van der Waals surface area contributed by atoms with E-state index >= 15 is 0 Å². The van der Waals surface area contributed by atoms with E-state index in [1.165, 1.54) is 4.31 Å². The molecule has 1 aromatic carbocycles. The summed E-state index contributed by atoms with van der Waals surface area (Å²) in [5.41, 5.74) is -0.972. The predicted octanol–water partition coefficient (Wildman–Crippen LogP) is 3.93. The lowest BCUT2D eigenvalue weighted by Crippen LogP contribution is -2.45. The van der Waals surface area contributed by atoms with E-state index in [0.29, 0.717) is 18.9 Å². The van der Waals surface area contributed by atoms with Gasteiger partial charge in [0.05, 0.1) is 40.8 Å². The molecule has 11 heteroatoms. The highest BCUT2D eigenvalue weighted by atomic mass is 32.2. The van der Waals surface area contributed by atoms with Gasteiger partial charge in [-0.2, -0.15) is 4.31 Å². The Morgan fingerprint density at radius 1 is 1.14 bits per heavy atom. The zero-order valence-electron chi connectivity index (χ0n) is 22.9. The van der Waals surface area contributed by atoms with E-state index in [4.69, 9.17) is 14.2 Å². The normalized spacial score (nSPS) is 29.0. The van der Waals surface area contributed by atoms with Gasteiger partial charge in [-0.15, -0.1) is 6.58 Å². The number of methoxy groups -OCH3 is 1. The first kappa shape index (κ1) is 30.5. The molecule has 1 aromatic rings. The second kappa shape index (κ2) is 11.6. The first-order chi connectivity index (χ1) is 17.1. The van der Waals surface area contributed by atoms with E-state index < -0.39 is 57.9 Å². The molecule has 0 radical (unpaired) electrons. The predicted molar refractivity (Wildman–Crippen MR) is 148 cm³/mol. The Kier molecular flexibility index (Phi) is 9.53. The SMILES string of the molecule is C=CC[C@@H]1O[C@H](C[C@H]2CN(S(=O)(=O)CC[Si](C)(C)C)C(C)(C)O2)[C@H](OC)[C@H]1CS(=O)(=O)c1ccccc1. The van der Waals surface area contributed by atoms with Crippen molar-refractivity contribution in [1.29, 1.82) is 0 Å². The van der Waals surface area contributed by atoms with Crippen molar-refractivity contribution in [3.63, 3.8) is 0 Å². The van der Waals surface area contributed by atoms with Crippen molar-refractivity contribution < 1.29 is 31.0 Å². The molecule has 0 aliphatic carbocycles. The van der Waals surface area contributed by atoms with Crippen LogP contribution in [0.2, 0.25) is 25.7 Å². The fourth-order valence-corrected chi connectivity index (χ4v) is 11.7. The van der Waals surface area contributed by atoms with Crippen molar-refractivity contribution in [3.05, 3.63) is 43.0 Å². The van der Waals surface area contributed by atoms with Crippen LogP contribution in [-0.2, 0) is 34.1 Å². The average Bonchev–Trinajstić information content (AvgIpc) is 3.28. The van der Waals surface area contributed by atoms with Gasteiger partial charge in [0.25, 0.3) is 0 Å². The monoisotopic (exact) mass is 573 g/mol. The lowest BCUT2D eigenvalue weighted by atomic mass is 9.94. The summed E-state index contributed by atoms with van der Waals surface area (Å²) >= 11 is 0. The van der Waals surface area contributed by atoms with Crippen LogP contribution in [0.15, 0.2) is 47.9 Å². The van der Waals surface area contributed by atoms with Crippen LogP contribution in [0.1, 0.15) is 26.7 Å². The van der Waals surface area contributed by atoms with Gasteiger partial charge < -0.3 is 14.2 Å². The van der Waals surface area contributed by atoms with Crippen LogP contribution < -0.4 is 0 Å². The van der Waals surface area contributed by atoms with Gasteiger partial charge in [-0.05, 0) is 38.4 Å². The van der Waals surface area contributed by atoms with E-state index in [2.05, 4.69) is 26.2 Å². The molecule has 0 N–H and O–H groups in total. The Morgan fingerprint density at radius 3 is 2.35 bits per heavy atom. The van der Waals surface area contributed by atoms with Crippen molar-refractivity contribution in [2.75, 3.05) is 25.2 Å². The van der Waals surface area contributed by atoms with E-state index in [1.54, 1.807) is 57.4 Å². The Hall–Kier alpha value is -1.08. The van der Waals surface area contributed by atoms with Crippen LogP contribution in [0.4, 0.5) is 0 Å².